The van der Waals surface area contributed by atoms with Crippen molar-refractivity contribution in [1.82, 2.24) is 4.90 Å². The number of unbranched alkanes of at least 4 members (excludes halogenated alkanes) is 3. The molecule has 1 heterocycles. The number of methoxy groups -OCH3 is 1. The first-order valence-electron chi connectivity index (χ1n) is 10.6. The molecular formula is C23H35NO5. The molecule has 1 saturated heterocycles. The van der Waals surface area contributed by atoms with Gasteiger partial charge in [0.1, 0.15) is 0 Å². The normalized spacial score (nSPS) is 29.2. The first kappa shape index (κ1) is 23.3. The molecule has 0 radical (unpaired) electrons. The fourth-order valence-electron chi connectivity index (χ4n) is 4.47. The van der Waals surface area contributed by atoms with Crippen LogP contribution in [-0.2, 0) is 19.1 Å². The van der Waals surface area contributed by atoms with Crippen LogP contribution in [0.15, 0.2) is 25.3 Å². The molecule has 1 unspecified atom stereocenters. The number of β-amino-alcohol motifs (C(OH)–C–C–N with tert-alkyl or cyclic N) is 1. The van der Waals surface area contributed by atoms with Crippen LogP contribution in [0.4, 0.5) is 0 Å². The van der Waals surface area contributed by atoms with Crippen molar-refractivity contribution in [2.45, 2.75) is 70.4 Å². The lowest BCUT2D eigenvalue weighted by atomic mass is 9.91. The molecule has 162 valence electrons. The maximum atomic E-state index is 13.0. The van der Waals surface area contributed by atoms with Crippen LogP contribution in [0, 0.1) is 17.3 Å². The van der Waals surface area contributed by atoms with Crippen molar-refractivity contribution in [3.05, 3.63) is 25.3 Å². The second-order valence-corrected chi connectivity index (χ2v) is 8.56. The minimum atomic E-state index is -0.855. The smallest absolute Gasteiger partial charge is 0.312 e. The molecule has 1 amide bonds. The lowest BCUT2D eigenvalue weighted by Crippen LogP contribution is -2.44. The van der Waals surface area contributed by atoms with Gasteiger partial charge in [-0.2, -0.15) is 0 Å². The zero-order valence-electron chi connectivity index (χ0n) is 17.8. The van der Waals surface area contributed by atoms with Gasteiger partial charge in [-0.15, -0.1) is 13.2 Å². The van der Waals surface area contributed by atoms with E-state index in [-0.39, 0.29) is 42.9 Å². The number of carbonyl (C=O) groups is 3. The van der Waals surface area contributed by atoms with Gasteiger partial charge in [0, 0.05) is 25.3 Å². The van der Waals surface area contributed by atoms with E-state index in [9.17, 15) is 19.5 Å². The van der Waals surface area contributed by atoms with Crippen molar-refractivity contribution < 1.29 is 24.2 Å². The molecule has 6 heteroatoms. The predicted octanol–water partition coefficient (Wildman–Crippen LogP) is 3.05. The van der Waals surface area contributed by atoms with Gasteiger partial charge in [-0.1, -0.05) is 31.9 Å². The fraction of sp³-hybridized carbons (Fsp3) is 0.696. The highest BCUT2D eigenvalue weighted by atomic mass is 16.5. The third kappa shape index (κ3) is 5.35. The molecule has 0 spiro atoms. The van der Waals surface area contributed by atoms with Gasteiger partial charge in [-0.3, -0.25) is 14.4 Å². The maximum absolute atomic E-state index is 13.0. The van der Waals surface area contributed by atoms with Crippen LogP contribution in [0.3, 0.4) is 0 Å². The van der Waals surface area contributed by atoms with Gasteiger partial charge in [0.25, 0.3) is 0 Å². The van der Waals surface area contributed by atoms with Crippen molar-refractivity contribution in [2.75, 3.05) is 13.7 Å². The van der Waals surface area contributed by atoms with Crippen LogP contribution in [0.25, 0.3) is 0 Å². The number of carbonyl (C=O) groups excluding carboxylic acids is 3. The van der Waals surface area contributed by atoms with Gasteiger partial charge in [-0.05, 0) is 31.6 Å². The number of aliphatic hydroxyl groups excluding tert-OH is 1. The van der Waals surface area contributed by atoms with Gasteiger partial charge in [0.2, 0.25) is 5.91 Å². The van der Waals surface area contributed by atoms with E-state index >= 15 is 0 Å². The molecule has 1 aliphatic heterocycles. The van der Waals surface area contributed by atoms with E-state index in [0.717, 1.165) is 32.1 Å². The number of likely N-dealkylation sites (tertiary alicyclic amines) is 1. The molecule has 1 saturated carbocycles. The summed E-state index contributed by atoms with van der Waals surface area (Å²) in [4.78, 5) is 39.8. The van der Waals surface area contributed by atoms with Gasteiger partial charge in [0.15, 0.2) is 5.78 Å². The van der Waals surface area contributed by atoms with Crippen LogP contribution in [0.2, 0.25) is 0 Å². The van der Waals surface area contributed by atoms with Crippen molar-refractivity contribution in [2.24, 2.45) is 17.3 Å². The molecule has 0 aromatic heterocycles. The van der Waals surface area contributed by atoms with E-state index in [2.05, 4.69) is 13.2 Å². The lowest BCUT2D eigenvalue weighted by molar-refractivity contribution is -0.150. The van der Waals surface area contributed by atoms with E-state index in [1.165, 1.54) is 12.0 Å². The van der Waals surface area contributed by atoms with E-state index in [4.69, 9.17) is 4.74 Å². The third-order valence-electron chi connectivity index (χ3n) is 6.40. The summed E-state index contributed by atoms with van der Waals surface area (Å²) < 4.78 is 4.90. The Morgan fingerprint density at radius 3 is 2.59 bits per heavy atom. The van der Waals surface area contributed by atoms with Gasteiger partial charge in [0.05, 0.1) is 24.7 Å². The van der Waals surface area contributed by atoms with Crippen molar-refractivity contribution >= 4 is 17.7 Å². The molecule has 0 aromatic rings. The summed E-state index contributed by atoms with van der Waals surface area (Å²) in [5, 5.41) is 10.1. The summed E-state index contributed by atoms with van der Waals surface area (Å²) in [5.41, 5.74) is -0.855. The minimum absolute atomic E-state index is 0.0213. The van der Waals surface area contributed by atoms with Crippen LogP contribution in [-0.4, -0.2) is 53.5 Å². The Kier molecular flexibility index (Phi) is 8.20. The highest BCUT2D eigenvalue weighted by molar-refractivity contribution is 5.95. The summed E-state index contributed by atoms with van der Waals surface area (Å²) in [6.45, 7) is 9.50. The van der Waals surface area contributed by atoms with E-state index in [1.54, 1.807) is 6.08 Å². The van der Waals surface area contributed by atoms with Gasteiger partial charge >= 0.3 is 5.97 Å². The molecule has 29 heavy (non-hydrogen) atoms. The largest absolute Gasteiger partial charge is 0.469 e. The Balaban J connectivity index is 1.99. The van der Waals surface area contributed by atoms with Crippen LogP contribution in [0.5, 0.6) is 0 Å². The first-order chi connectivity index (χ1) is 13.8. The zero-order chi connectivity index (χ0) is 21.6. The molecule has 0 bridgehead atoms. The summed E-state index contributed by atoms with van der Waals surface area (Å²) >= 11 is 0. The van der Waals surface area contributed by atoms with E-state index < -0.39 is 23.5 Å². The van der Waals surface area contributed by atoms with Crippen molar-refractivity contribution in [3.8, 4) is 0 Å². The molecule has 2 fully saturated rings. The maximum Gasteiger partial charge on any atom is 0.312 e. The minimum Gasteiger partial charge on any atom is -0.469 e. The predicted molar refractivity (Wildman–Crippen MR) is 111 cm³/mol. The number of ketones is 1. The number of esters is 1. The average molecular weight is 406 g/mol. The van der Waals surface area contributed by atoms with Crippen LogP contribution < -0.4 is 0 Å². The molecule has 5 atom stereocenters. The molecule has 6 nitrogen and oxygen atoms in total. The molecule has 2 aliphatic rings. The average Bonchev–Trinajstić information content (AvgIpc) is 3.28. The van der Waals surface area contributed by atoms with Gasteiger partial charge < -0.3 is 14.7 Å². The standard InChI is InChI=1S/C23H35NO5/c1-5-7-8-9-10-11-16(3)21(27)24-15-18(25)12-19(24)20(26)14-23(22(28)29-4)13-17(23)6-2/h5-6,16-19,25H,1-2,7-15H2,3-4H3/t16-,17+,18+,19-,23?/m0/s1. The molecular weight excluding hydrogens is 370 g/mol. The van der Waals surface area contributed by atoms with Crippen molar-refractivity contribution in [3.63, 3.8) is 0 Å². The molecule has 0 aromatic carbocycles. The molecule has 1 N–H and O–H groups in total. The highest BCUT2D eigenvalue weighted by Crippen LogP contribution is 2.57. The number of nitrogens with zero attached hydrogens (tertiary/aromatic N) is 1. The van der Waals surface area contributed by atoms with Crippen LogP contribution in [0.1, 0.15) is 58.3 Å². The monoisotopic (exact) mass is 405 g/mol. The Morgan fingerprint density at radius 2 is 2.00 bits per heavy atom. The topological polar surface area (TPSA) is 83.9 Å². The van der Waals surface area contributed by atoms with E-state index in [1.807, 2.05) is 13.0 Å². The fourth-order valence-corrected chi connectivity index (χ4v) is 4.47. The number of ether oxygens (including phenoxy) is 1. The molecule has 1 aliphatic carbocycles. The summed E-state index contributed by atoms with van der Waals surface area (Å²) in [5.74, 6) is -0.950. The number of amides is 1. The highest BCUT2D eigenvalue weighted by Gasteiger charge is 2.61. The molecule has 2 rings (SSSR count). The summed E-state index contributed by atoms with van der Waals surface area (Å²) in [6.07, 6.45) is 8.45. The number of allylic oxidation sites excluding steroid dienone is 2. The quantitative estimate of drug-likeness (QED) is 0.306. The van der Waals surface area contributed by atoms with Crippen molar-refractivity contribution in [1.29, 1.82) is 0 Å². The Morgan fingerprint density at radius 1 is 1.28 bits per heavy atom. The number of rotatable bonds is 12. The van der Waals surface area contributed by atoms with Crippen LogP contribution >= 0.6 is 0 Å². The number of Topliss-reactive ketones (excluding diaryl/α,β-unsaturated/α-hetero) is 1. The Bertz CT molecular complexity index is 645. The second kappa shape index (κ2) is 10.2. The number of hydrogen-bond donors (Lipinski definition) is 1. The summed E-state index contributed by atoms with van der Waals surface area (Å²) in [6, 6.07) is -0.673. The van der Waals surface area contributed by atoms with Gasteiger partial charge in [-0.25, -0.2) is 0 Å². The number of hydrogen-bond acceptors (Lipinski definition) is 5. The second-order valence-electron chi connectivity index (χ2n) is 8.56. The Labute approximate surface area is 174 Å². The summed E-state index contributed by atoms with van der Waals surface area (Å²) in [7, 11) is 1.32. The SMILES string of the molecule is C=CCCCCC[C@H](C)C(=O)N1C[C@H](O)C[C@H]1C(=O)CC1(C(=O)OC)C[C@H]1C=C. The number of aliphatic hydroxyl groups is 1. The Hall–Kier alpha value is -1.95. The lowest BCUT2D eigenvalue weighted by Gasteiger charge is -2.27. The van der Waals surface area contributed by atoms with E-state index in [0.29, 0.717) is 6.42 Å². The zero-order valence-corrected chi connectivity index (χ0v) is 17.8. The first-order valence-corrected chi connectivity index (χ1v) is 10.6. The third-order valence-corrected chi connectivity index (χ3v) is 6.40.